The summed E-state index contributed by atoms with van der Waals surface area (Å²) >= 11 is 5.88. The first-order valence-corrected chi connectivity index (χ1v) is 5.52. The first kappa shape index (κ1) is 14.5. The summed E-state index contributed by atoms with van der Waals surface area (Å²) in [6.07, 6.45) is 3.15. The van der Waals surface area contributed by atoms with Gasteiger partial charge in [0.25, 0.3) is 5.91 Å². The van der Waals surface area contributed by atoms with Gasteiger partial charge in [-0.2, -0.15) is 0 Å². The number of nitrogens with zero attached hydrogens (tertiary/aromatic N) is 1. The molecule has 1 aromatic carbocycles. The number of carbonyl (C=O) groups excluding carboxylic acids is 1. The highest BCUT2D eigenvalue weighted by Crippen LogP contribution is 2.20. The normalized spacial score (nSPS) is 9.44. The van der Waals surface area contributed by atoms with Crippen molar-refractivity contribution in [3.05, 3.63) is 58.9 Å². The van der Waals surface area contributed by atoms with Gasteiger partial charge in [-0.15, -0.1) is 12.4 Å². The Kier molecular flexibility index (Phi) is 5.13. The monoisotopic (exact) mass is 282 g/mol. The first-order chi connectivity index (χ1) is 8.16. The molecule has 0 aliphatic rings. The highest BCUT2D eigenvalue weighted by Gasteiger charge is 2.07. The number of amides is 1. The van der Waals surface area contributed by atoms with Gasteiger partial charge >= 0.3 is 0 Å². The van der Waals surface area contributed by atoms with Gasteiger partial charge in [0, 0.05) is 23.1 Å². The highest BCUT2D eigenvalue weighted by molar-refractivity contribution is 6.31. The van der Waals surface area contributed by atoms with Gasteiger partial charge in [0.05, 0.1) is 5.56 Å². The number of aromatic nitrogens is 1. The van der Waals surface area contributed by atoms with Crippen molar-refractivity contribution >= 4 is 35.6 Å². The van der Waals surface area contributed by atoms with Gasteiger partial charge in [-0.3, -0.25) is 9.78 Å². The molecule has 2 rings (SSSR count). The van der Waals surface area contributed by atoms with Gasteiger partial charge in [-0.1, -0.05) is 17.7 Å². The molecule has 0 saturated carbocycles. The third kappa shape index (κ3) is 3.45. The maximum absolute atomic E-state index is 11.9. The van der Waals surface area contributed by atoms with E-state index in [1.807, 2.05) is 13.0 Å². The third-order valence-corrected chi connectivity index (χ3v) is 2.61. The average molecular weight is 283 g/mol. The maximum Gasteiger partial charge on any atom is 0.257 e. The van der Waals surface area contributed by atoms with E-state index in [2.05, 4.69) is 10.3 Å². The lowest BCUT2D eigenvalue weighted by molar-refractivity contribution is 0.102. The average Bonchev–Trinajstić information content (AvgIpc) is 2.35. The fourth-order valence-corrected chi connectivity index (χ4v) is 1.59. The van der Waals surface area contributed by atoms with E-state index in [1.54, 1.807) is 30.5 Å². The molecule has 0 saturated heterocycles. The van der Waals surface area contributed by atoms with E-state index in [9.17, 15) is 4.79 Å². The Hall–Kier alpha value is -1.58. The summed E-state index contributed by atoms with van der Waals surface area (Å²) in [6.45, 7) is 1.91. The van der Waals surface area contributed by atoms with Gasteiger partial charge in [-0.05, 0) is 36.8 Å². The molecular formula is C13H12Cl2N2O. The van der Waals surface area contributed by atoms with Crippen LogP contribution in [0, 0.1) is 6.92 Å². The van der Waals surface area contributed by atoms with Crippen LogP contribution >= 0.6 is 24.0 Å². The molecule has 18 heavy (non-hydrogen) atoms. The smallest absolute Gasteiger partial charge is 0.257 e. The second-order valence-electron chi connectivity index (χ2n) is 3.66. The number of pyridine rings is 1. The Morgan fingerprint density at radius 1 is 1.33 bits per heavy atom. The number of anilines is 1. The fourth-order valence-electron chi connectivity index (χ4n) is 1.42. The Labute approximate surface area is 117 Å². The van der Waals surface area contributed by atoms with E-state index < -0.39 is 0 Å². The second kappa shape index (κ2) is 6.38. The largest absolute Gasteiger partial charge is 0.322 e. The molecule has 3 nitrogen and oxygen atoms in total. The topological polar surface area (TPSA) is 42.0 Å². The summed E-state index contributed by atoms with van der Waals surface area (Å²) in [5.74, 6) is -0.191. The number of carbonyl (C=O) groups is 1. The SMILES string of the molecule is Cc1ccc(Cl)cc1NC(=O)c1cccnc1.Cl. The Balaban J connectivity index is 0.00000162. The quantitative estimate of drug-likeness (QED) is 0.912. The number of hydrogen-bond donors (Lipinski definition) is 1. The lowest BCUT2D eigenvalue weighted by atomic mass is 10.2. The van der Waals surface area contributed by atoms with Crippen molar-refractivity contribution < 1.29 is 4.79 Å². The zero-order valence-corrected chi connectivity index (χ0v) is 11.3. The van der Waals surface area contributed by atoms with Gasteiger partial charge in [-0.25, -0.2) is 0 Å². The molecule has 0 aliphatic heterocycles. The molecule has 0 aliphatic carbocycles. The van der Waals surface area contributed by atoms with Crippen LogP contribution in [0.2, 0.25) is 5.02 Å². The van der Waals surface area contributed by atoms with Crippen molar-refractivity contribution in [2.24, 2.45) is 0 Å². The van der Waals surface area contributed by atoms with Crippen LogP contribution in [0.5, 0.6) is 0 Å². The molecule has 2 aromatic rings. The van der Waals surface area contributed by atoms with Crippen molar-refractivity contribution in [1.29, 1.82) is 0 Å². The molecule has 1 heterocycles. The maximum atomic E-state index is 11.9. The van der Waals surface area contributed by atoms with E-state index >= 15 is 0 Å². The molecule has 1 amide bonds. The molecule has 1 aromatic heterocycles. The lowest BCUT2D eigenvalue weighted by Gasteiger charge is -2.08. The summed E-state index contributed by atoms with van der Waals surface area (Å²) in [4.78, 5) is 15.8. The van der Waals surface area contributed by atoms with Crippen LogP contribution in [0.1, 0.15) is 15.9 Å². The predicted octanol–water partition coefficient (Wildman–Crippen LogP) is 3.72. The fraction of sp³-hybridized carbons (Fsp3) is 0.0769. The number of aryl methyl sites for hydroxylation is 1. The zero-order valence-electron chi connectivity index (χ0n) is 9.68. The van der Waals surface area contributed by atoms with Crippen LogP contribution < -0.4 is 5.32 Å². The first-order valence-electron chi connectivity index (χ1n) is 5.14. The highest BCUT2D eigenvalue weighted by atomic mass is 35.5. The van der Waals surface area contributed by atoms with Crippen molar-refractivity contribution in [3.63, 3.8) is 0 Å². The number of nitrogens with one attached hydrogen (secondary N) is 1. The van der Waals surface area contributed by atoms with Crippen molar-refractivity contribution in [2.45, 2.75) is 6.92 Å². The molecule has 94 valence electrons. The van der Waals surface area contributed by atoms with Gasteiger partial charge in [0.1, 0.15) is 0 Å². The predicted molar refractivity (Wildman–Crippen MR) is 75.6 cm³/mol. The van der Waals surface area contributed by atoms with Crippen LogP contribution in [0.25, 0.3) is 0 Å². The number of benzene rings is 1. The summed E-state index contributed by atoms with van der Waals surface area (Å²) in [5, 5.41) is 3.40. The van der Waals surface area contributed by atoms with E-state index in [4.69, 9.17) is 11.6 Å². The zero-order chi connectivity index (χ0) is 12.3. The number of hydrogen-bond acceptors (Lipinski definition) is 2. The summed E-state index contributed by atoms with van der Waals surface area (Å²) in [6, 6.07) is 8.81. The summed E-state index contributed by atoms with van der Waals surface area (Å²) < 4.78 is 0. The Morgan fingerprint density at radius 2 is 2.11 bits per heavy atom. The minimum Gasteiger partial charge on any atom is -0.322 e. The van der Waals surface area contributed by atoms with Gasteiger partial charge < -0.3 is 5.32 Å². The van der Waals surface area contributed by atoms with Crippen LogP contribution in [-0.2, 0) is 0 Å². The molecule has 1 N–H and O–H groups in total. The van der Waals surface area contributed by atoms with E-state index in [0.717, 1.165) is 5.56 Å². The lowest BCUT2D eigenvalue weighted by Crippen LogP contribution is -2.12. The second-order valence-corrected chi connectivity index (χ2v) is 4.09. The number of rotatable bonds is 2. The molecule has 0 radical (unpaired) electrons. The molecule has 0 unspecified atom stereocenters. The van der Waals surface area contributed by atoms with Crippen LogP contribution in [0.15, 0.2) is 42.7 Å². The van der Waals surface area contributed by atoms with E-state index in [1.165, 1.54) is 6.20 Å². The number of halogens is 2. The van der Waals surface area contributed by atoms with E-state index in [0.29, 0.717) is 16.3 Å². The molecule has 0 atom stereocenters. The van der Waals surface area contributed by atoms with E-state index in [-0.39, 0.29) is 18.3 Å². The molecule has 0 spiro atoms. The molecule has 5 heteroatoms. The van der Waals surface area contributed by atoms with Crippen LogP contribution in [0.4, 0.5) is 5.69 Å². The van der Waals surface area contributed by atoms with Crippen molar-refractivity contribution in [3.8, 4) is 0 Å². The van der Waals surface area contributed by atoms with Gasteiger partial charge in [0.2, 0.25) is 0 Å². The Bertz CT molecular complexity index is 544. The van der Waals surface area contributed by atoms with Crippen LogP contribution in [-0.4, -0.2) is 10.9 Å². The molecule has 0 fully saturated rings. The molecule has 0 bridgehead atoms. The summed E-state index contributed by atoms with van der Waals surface area (Å²) in [7, 11) is 0. The van der Waals surface area contributed by atoms with Crippen molar-refractivity contribution in [2.75, 3.05) is 5.32 Å². The third-order valence-electron chi connectivity index (χ3n) is 2.37. The Morgan fingerprint density at radius 3 is 2.78 bits per heavy atom. The van der Waals surface area contributed by atoms with Gasteiger partial charge in [0.15, 0.2) is 0 Å². The van der Waals surface area contributed by atoms with Crippen molar-refractivity contribution in [1.82, 2.24) is 4.98 Å². The van der Waals surface area contributed by atoms with Crippen LogP contribution in [0.3, 0.4) is 0 Å². The minimum atomic E-state index is -0.191. The summed E-state index contributed by atoms with van der Waals surface area (Å²) in [5.41, 5.74) is 2.20. The molecular weight excluding hydrogens is 271 g/mol. The minimum absolute atomic E-state index is 0. The standard InChI is InChI=1S/C13H11ClN2O.ClH/c1-9-4-5-11(14)7-12(9)16-13(17)10-3-2-6-15-8-10;/h2-8H,1H3,(H,16,17);1H.